The van der Waals surface area contributed by atoms with Crippen LogP contribution in [0.25, 0.3) is 10.6 Å². The van der Waals surface area contributed by atoms with Gasteiger partial charge in [0.05, 0.1) is 5.56 Å². The zero-order chi connectivity index (χ0) is 23.9. The summed E-state index contributed by atoms with van der Waals surface area (Å²) in [5, 5.41) is 16.3. The lowest BCUT2D eigenvalue weighted by atomic mass is 10.1. The minimum atomic E-state index is -0.148. The van der Waals surface area contributed by atoms with Crippen molar-refractivity contribution in [1.82, 2.24) is 10.2 Å². The van der Waals surface area contributed by atoms with Crippen molar-refractivity contribution in [3.8, 4) is 16.3 Å². The first-order valence-electron chi connectivity index (χ1n) is 11.1. The van der Waals surface area contributed by atoms with Crippen molar-refractivity contribution in [2.75, 3.05) is 10.6 Å². The van der Waals surface area contributed by atoms with Crippen LogP contribution in [0.3, 0.4) is 0 Å². The van der Waals surface area contributed by atoms with Gasteiger partial charge in [0.2, 0.25) is 5.13 Å². The maximum Gasteiger partial charge on any atom is 0.255 e. The smallest absolute Gasteiger partial charge is 0.255 e. The molecule has 0 aliphatic heterocycles. The van der Waals surface area contributed by atoms with E-state index in [1.54, 1.807) is 12.1 Å². The molecule has 1 aromatic heterocycles. The fraction of sp³-hybridized carbons (Fsp3) is 0.0357. The lowest BCUT2D eigenvalue weighted by Gasteiger charge is -2.10. The summed E-state index contributed by atoms with van der Waals surface area (Å²) in [7, 11) is 0. The standard InChI is InChI=1S/C28H22N4O2S/c33-26(29-22-9-3-1-4-10-22)21-17-15-20(16-18-21)19-34-25-14-8-7-13-24(25)27-31-32-28(35-27)30-23-11-5-2-6-12-23/h1-18H,19H2,(H,29,33)(H,30,32). The third-order valence-electron chi connectivity index (χ3n) is 5.21. The molecule has 35 heavy (non-hydrogen) atoms. The van der Waals surface area contributed by atoms with Crippen LogP contribution in [0.5, 0.6) is 5.75 Å². The number of carbonyl (C=O) groups excluding carboxylic acids is 1. The topological polar surface area (TPSA) is 76.1 Å². The summed E-state index contributed by atoms with van der Waals surface area (Å²) >= 11 is 1.46. The minimum Gasteiger partial charge on any atom is -0.488 e. The van der Waals surface area contributed by atoms with Gasteiger partial charge < -0.3 is 15.4 Å². The number of para-hydroxylation sites is 3. The first-order chi connectivity index (χ1) is 17.2. The number of benzene rings is 4. The van der Waals surface area contributed by atoms with E-state index in [4.69, 9.17) is 4.74 Å². The molecule has 1 amide bonds. The van der Waals surface area contributed by atoms with Crippen LogP contribution in [0, 0.1) is 0 Å². The number of hydrogen-bond acceptors (Lipinski definition) is 6. The number of carbonyl (C=O) groups is 1. The van der Waals surface area contributed by atoms with Crippen LogP contribution >= 0.6 is 11.3 Å². The van der Waals surface area contributed by atoms with E-state index in [0.717, 1.165) is 33.3 Å². The summed E-state index contributed by atoms with van der Waals surface area (Å²) in [4.78, 5) is 12.5. The third kappa shape index (κ3) is 5.72. The van der Waals surface area contributed by atoms with Crippen LogP contribution in [0.4, 0.5) is 16.5 Å². The van der Waals surface area contributed by atoms with Crippen molar-refractivity contribution < 1.29 is 9.53 Å². The average Bonchev–Trinajstić information content (AvgIpc) is 3.37. The third-order valence-corrected chi connectivity index (χ3v) is 6.08. The number of anilines is 3. The van der Waals surface area contributed by atoms with Crippen molar-refractivity contribution in [2.45, 2.75) is 6.61 Å². The Balaban J connectivity index is 1.24. The largest absolute Gasteiger partial charge is 0.488 e. The minimum absolute atomic E-state index is 0.148. The van der Waals surface area contributed by atoms with E-state index in [1.165, 1.54) is 11.3 Å². The van der Waals surface area contributed by atoms with Crippen LogP contribution in [0.2, 0.25) is 0 Å². The maximum absolute atomic E-state index is 12.5. The average molecular weight is 479 g/mol. The van der Waals surface area contributed by atoms with E-state index in [0.29, 0.717) is 17.3 Å². The molecule has 0 atom stereocenters. The highest BCUT2D eigenvalue weighted by molar-refractivity contribution is 7.18. The summed E-state index contributed by atoms with van der Waals surface area (Å²) in [5.41, 5.74) is 4.15. The molecule has 5 rings (SSSR count). The highest BCUT2D eigenvalue weighted by atomic mass is 32.1. The number of hydrogen-bond donors (Lipinski definition) is 2. The molecule has 0 fully saturated rings. The lowest BCUT2D eigenvalue weighted by Crippen LogP contribution is -2.11. The summed E-state index contributed by atoms with van der Waals surface area (Å²) in [6.07, 6.45) is 0. The van der Waals surface area contributed by atoms with Crippen LogP contribution in [-0.2, 0) is 6.61 Å². The van der Waals surface area contributed by atoms with Crippen molar-refractivity contribution in [3.63, 3.8) is 0 Å². The second-order valence-corrected chi connectivity index (χ2v) is 8.68. The van der Waals surface area contributed by atoms with Gasteiger partial charge in [-0.05, 0) is 54.1 Å². The Bertz CT molecular complexity index is 1400. The Morgan fingerprint density at radius 2 is 1.40 bits per heavy atom. The summed E-state index contributed by atoms with van der Waals surface area (Å²) in [6.45, 7) is 0.367. The predicted octanol–water partition coefficient (Wildman–Crippen LogP) is 6.78. The number of amides is 1. The van der Waals surface area contributed by atoms with E-state index in [2.05, 4.69) is 20.8 Å². The van der Waals surface area contributed by atoms with E-state index in [1.807, 2.05) is 97.1 Å². The molecule has 0 aliphatic carbocycles. The first-order valence-corrected chi connectivity index (χ1v) is 11.9. The molecule has 0 spiro atoms. The van der Waals surface area contributed by atoms with Gasteiger partial charge in [0.25, 0.3) is 5.91 Å². The number of nitrogens with zero attached hydrogens (tertiary/aromatic N) is 2. The molecule has 4 aromatic carbocycles. The second kappa shape index (κ2) is 10.6. The molecule has 0 bridgehead atoms. The zero-order valence-electron chi connectivity index (χ0n) is 18.7. The number of rotatable bonds is 8. The number of ether oxygens (including phenoxy) is 1. The van der Waals surface area contributed by atoms with E-state index >= 15 is 0 Å². The van der Waals surface area contributed by atoms with Crippen LogP contribution < -0.4 is 15.4 Å². The molecule has 0 radical (unpaired) electrons. The van der Waals surface area contributed by atoms with Gasteiger partial charge in [0.15, 0.2) is 5.01 Å². The Labute approximate surface area is 207 Å². The van der Waals surface area contributed by atoms with Crippen molar-refractivity contribution in [1.29, 1.82) is 0 Å². The maximum atomic E-state index is 12.5. The molecular formula is C28H22N4O2S. The first kappa shape index (κ1) is 22.3. The molecule has 0 saturated heterocycles. The Morgan fingerprint density at radius 1 is 0.743 bits per heavy atom. The quantitative estimate of drug-likeness (QED) is 0.257. The molecule has 0 aliphatic rings. The summed E-state index contributed by atoms with van der Waals surface area (Å²) in [6, 6.07) is 34.4. The van der Waals surface area contributed by atoms with Gasteiger partial charge in [-0.1, -0.05) is 72.0 Å². The molecule has 6 nitrogen and oxygen atoms in total. The van der Waals surface area contributed by atoms with Crippen molar-refractivity contribution >= 4 is 33.8 Å². The van der Waals surface area contributed by atoms with Gasteiger partial charge in [-0.25, -0.2) is 0 Å². The van der Waals surface area contributed by atoms with E-state index in [9.17, 15) is 4.79 Å². The van der Waals surface area contributed by atoms with Gasteiger partial charge in [0.1, 0.15) is 12.4 Å². The molecule has 0 unspecified atom stereocenters. The fourth-order valence-electron chi connectivity index (χ4n) is 3.43. The Morgan fingerprint density at radius 3 is 2.14 bits per heavy atom. The van der Waals surface area contributed by atoms with Crippen LogP contribution in [0.1, 0.15) is 15.9 Å². The van der Waals surface area contributed by atoms with E-state index < -0.39 is 0 Å². The second-order valence-electron chi connectivity index (χ2n) is 7.71. The SMILES string of the molecule is O=C(Nc1ccccc1)c1ccc(COc2ccccc2-c2nnc(Nc3ccccc3)s2)cc1. The highest BCUT2D eigenvalue weighted by Gasteiger charge is 2.13. The molecule has 7 heteroatoms. The van der Waals surface area contributed by atoms with Crippen molar-refractivity contribution in [2.24, 2.45) is 0 Å². The number of nitrogens with one attached hydrogen (secondary N) is 2. The van der Waals surface area contributed by atoms with Crippen molar-refractivity contribution in [3.05, 3.63) is 120 Å². The molecule has 0 saturated carbocycles. The molecule has 2 N–H and O–H groups in total. The van der Waals surface area contributed by atoms with Gasteiger partial charge >= 0.3 is 0 Å². The predicted molar refractivity (Wildman–Crippen MR) is 140 cm³/mol. The van der Waals surface area contributed by atoms with Gasteiger partial charge in [-0.3, -0.25) is 4.79 Å². The normalized spacial score (nSPS) is 10.5. The molecule has 1 heterocycles. The van der Waals surface area contributed by atoms with Gasteiger partial charge in [-0.2, -0.15) is 0 Å². The Kier molecular flexibility index (Phi) is 6.77. The molecule has 172 valence electrons. The van der Waals surface area contributed by atoms with Crippen LogP contribution in [-0.4, -0.2) is 16.1 Å². The summed E-state index contributed by atoms with van der Waals surface area (Å²) in [5.74, 6) is 0.575. The zero-order valence-corrected chi connectivity index (χ0v) is 19.5. The van der Waals surface area contributed by atoms with Gasteiger partial charge in [-0.15, -0.1) is 10.2 Å². The molecular weight excluding hydrogens is 456 g/mol. The Hall–Kier alpha value is -4.49. The van der Waals surface area contributed by atoms with Gasteiger partial charge in [0, 0.05) is 16.9 Å². The van der Waals surface area contributed by atoms with Crippen LogP contribution in [0.15, 0.2) is 109 Å². The lowest BCUT2D eigenvalue weighted by molar-refractivity contribution is 0.102. The fourth-order valence-corrected chi connectivity index (χ4v) is 4.23. The summed E-state index contributed by atoms with van der Waals surface area (Å²) < 4.78 is 6.12. The highest BCUT2D eigenvalue weighted by Crippen LogP contribution is 2.34. The van der Waals surface area contributed by atoms with E-state index in [-0.39, 0.29) is 5.91 Å². The monoisotopic (exact) mass is 478 g/mol. The number of aromatic nitrogens is 2. The molecule has 5 aromatic rings.